The van der Waals surface area contributed by atoms with Crippen molar-refractivity contribution in [2.24, 2.45) is 0 Å². The van der Waals surface area contributed by atoms with E-state index < -0.39 is 5.41 Å². The van der Waals surface area contributed by atoms with E-state index in [2.05, 4.69) is 171 Å². The van der Waals surface area contributed by atoms with Crippen molar-refractivity contribution in [1.29, 1.82) is 0 Å². The van der Waals surface area contributed by atoms with Crippen LogP contribution in [0.4, 0.5) is 0 Å². The molecule has 5 aromatic carbocycles. The van der Waals surface area contributed by atoms with E-state index in [1.807, 2.05) is 30.4 Å². The molecule has 5 aromatic rings. The average molecular weight is 645 g/mol. The van der Waals surface area contributed by atoms with Gasteiger partial charge in [-0.3, -0.25) is 0 Å². The van der Waals surface area contributed by atoms with Crippen molar-refractivity contribution in [2.45, 2.75) is 24.7 Å². The van der Waals surface area contributed by atoms with Crippen LogP contribution in [0.1, 0.15) is 34.2 Å². The second-order valence-corrected chi connectivity index (χ2v) is 12.8. The van der Waals surface area contributed by atoms with E-state index in [9.17, 15) is 0 Å². The minimum atomic E-state index is -0.480. The van der Waals surface area contributed by atoms with Crippen LogP contribution in [0.5, 0.6) is 0 Å². The summed E-state index contributed by atoms with van der Waals surface area (Å²) in [6.07, 6.45) is 25.2. The van der Waals surface area contributed by atoms with Crippen molar-refractivity contribution in [3.63, 3.8) is 0 Å². The second-order valence-electron chi connectivity index (χ2n) is 12.8. The van der Waals surface area contributed by atoms with E-state index >= 15 is 0 Å². The number of hydrogen-bond acceptors (Lipinski definition) is 0. The van der Waals surface area contributed by atoms with Crippen LogP contribution >= 0.6 is 0 Å². The number of benzene rings is 5. The standard InChI is InChI=1S/C50H44/c1-4-5-6-10-19-39(2)20-11-9-18-35-50(48-25-14-8-15-26-48)40(3)36-47-24-17-16-23-44(47)33-34-46-32-29-42(38-49(46)50)37-41-27-30-45(31-28-41)43-21-12-7-13-22-43/h4-33,36,38H,1-3,34-35,37H2/b6-5-,18-9-,19-10-,20-11-,44-33-,47-36-. The van der Waals surface area contributed by atoms with Crippen LogP contribution in [-0.4, -0.2) is 0 Å². The van der Waals surface area contributed by atoms with Gasteiger partial charge in [0, 0.05) is 5.41 Å². The highest BCUT2D eigenvalue weighted by Crippen LogP contribution is 2.45. The third-order valence-corrected chi connectivity index (χ3v) is 9.44. The Morgan fingerprint density at radius 1 is 0.640 bits per heavy atom. The van der Waals surface area contributed by atoms with E-state index in [0.717, 1.165) is 30.4 Å². The van der Waals surface area contributed by atoms with Gasteiger partial charge in [0.25, 0.3) is 0 Å². The minimum Gasteiger partial charge on any atom is -0.0991 e. The average Bonchev–Trinajstić information content (AvgIpc) is 3.20. The predicted octanol–water partition coefficient (Wildman–Crippen LogP) is 11.0. The molecule has 0 heteroatoms. The number of hydrogen-bond donors (Lipinski definition) is 0. The van der Waals surface area contributed by atoms with E-state index in [4.69, 9.17) is 6.58 Å². The van der Waals surface area contributed by atoms with E-state index in [1.165, 1.54) is 49.4 Å². The lowest BCUT2D eigenvalue weighted by Gasteiger charge is -2.37. The van der Waals surface area contributed by atoms with Crippen molar-refractivity contribution in [3.8, 4) is 11.1 Å². The lowest BCUT2D eigenvalue weighted by atomic mass is 9.65. The Morgan fingerprint density at radius 2 is 1.28 bits per heavy atom. The van der Waals surface area contributed by atoms with Crippen molar-refractivity contribution >= 4 is 12.2 Å². The van der Waals surface area contributed by atoms with Crippen LogP contribution < -0.4 is 10.4 Å². The van der Waals surface area contributed by atoms with Crippen LogP contribution in [0, 0.1) is 0 Å². The Hall–Kier alpha value is -5.98. The summed E-state index contributed by atoms with van der Waals surface area (Å²) in [5, 5.41) is 2.43. The van der Waals surface area contributed by atoms with Crippen molar-refractivity contribution in [2.75, 3.05) is 0 Å². The molecule has 1 aliphatic rings. The van der Waals surface area contributed by atoms with Gasteiger partial charge in [0.2, 0.25) is 0 Å². The molecular weight excluding hydrogens is 601 g/mol. The van der Waals surface area contributed by atoms with Crippen molar-refractivity contribution in [1.82, 2.24) is 0 Å². The molecule has 1 aliphatic carbocycles. The van der Waals surface area contributed by atoms with Gasteiger partial charge >= 0.3 is 0 Å². The topological polar surface area (TPSA) is 0 Å². The van der Waals surface area contributed by atoms with Gasteiger partial charge in [0.05, 0.1) is 0 Å². The number of allylic oxidation sites excluding steroid dienone is 11. The van der Waals surface area contributed by atoms with Crippen LogP contribution in [0.3, 0.4) is 0 Å². The quantitative estimate of drug-likeness (QED) is 0.126. The molecule has 1 unspecified atom stereocenters. The highest BCUT2D eigenvalue weighted by Gasteiger charge is 2.37. The molecule has 244 valence electrons. The summed E-state index contributed by atoms with van der Waals surface area (Å²) < 4.78 is 0. The second kappa shape index (κ2) is 16.4. The molecule has 0 saturated heterocycles. The van der Waals surface area contributed by atoms with Crippen molar-refractivity contribution < 1.29 is 0 Å². The number of fused-ring (bicyclic) bond motifs is 2. The monoisotopic (exact) mass is 644 g/mol. The van der Waals surface area contributed by atoms with Gasteiger partial charge < -0.3 is 0 Å². The molecule has 0 radical (unpaired) electrons. The molecule has 0 spiro atoms. The molecular formula is C50H44. The van der Waals surface area contributed by atoms with E-state index in [1.54, 1.807) is 6.08 Å². The maximum absolute atomic E-state index is 4.86. The smallest absolute Gasteiger partial charge is 0.0483 e. The SMILES string of the molecule is C=C/C=C\C=C/C(=C)/C=C\C=C/CC1(c2ccccc2)C(=C)/C=c2/cccc/c2=C/Cc2ccc(Cc3ccc(-c4ccccc4)cc3)cc21. The summed E-state index contributed by atoms with van der Waals surface area (Å²) in [5.74, 6) is 0. The molecule has 1 atom stereocenters. The lowest BCUT2D eigenvalue weighted by Crippen LogP contribution is -2.32. The summed E-state index contributed by atoms with van der Waals surface area (Å²) in [5.41, 5.74) is 10.4. The minimum absolute atomic E-state index is 0.480. The lowest BCUT2D eigenvalue weighted by molar-refractivity contribution is 0.628. The molecule has 50 heavy (non-hydrogen) atoms. The Labute approximate surface area is 298 Å². The van der Waals surface area contributed by atoms with E-state index in [-0.39, 0.29) is 0 Å². The summed E-state index contributed by atoms with van der Waals surface area (Å²) in [4.78, 5) is 0. The largest absolute Gasteiger partial charge is 0.0991 e. The fourth-order valence-corrected chi connectivity index (χ4v) is 6.82. The maximum Gasteiger partial charge on any atom is 0.0483 e. The van der Waals surface area contributed by atoms with Crippen molar-refractivity contribution in [3.05, 3.63) is 251 Å². The van der Waals surface area contributed by atoms with Crippen LogP contribution in [0.15, 0.2) is 213 Å². The van der Waals surface area contributed by atoms with Gasteiger partial charge in [0.1, 0.15) is 0 Å². The molecule has 6 rings (SSSR count). The van der Waals surface area contributed by atoms with Gasteiger partial charge in [-0.25, -0.2) is 0 Å². The predicted molar refractivity (Wildman–Crippen MR) is 216 cm³/mol. The van der Waals surface area contributed by atoms with Gasteiger partial charge in [-0.2, -0.15) is 0 Å². The first-order valence-electron chi connectivity index (χ1n) is 17.3. The molecule has 0 fully saturated rings. The molecule has 0 amide bonds. The Morgan fingerprint density at radius 3 is 2.02 bits per heavy atom. The molecule has 0 nitrogen and oxygen atoms in total. The summed E-state index contributed by atoms with van der Waals surface area (Å²) in [6.45, 7) is 12.7. The first-order chi connectivity index (χ1) is 24.6. The third kappa shape index (κ3) is 8.00. The number of rotatable bonds is 11. The highest BCUT2D eigenvalue weighted by molar-refractivity contribution is 5.66. The highest BCUT2D eigenvalue weighted by atomic mass is 14.4. The first-order valence-corrected chi connectivity index (χ1v) is 17.3. The van der Waals surface area contributed by atoms with Gasteiger partial charge in [-0.05, 0) is 79.8 Å². The normalized spacial score (nSPS) is 17.3. The Kier molecular flexibility index (Phi) is 11.1. The fraction of sp³-hybridized carbons (Fsp3) is 0.0800. The molecule has 0 aromatic heterocycles. The zero-order chi connectivity index (χ0) is 34.6. The molecule has 0 aliphatic heterocycles. The molecule has 0 bridgehead atoms. The third-order valence-electron chi connectivity index (χ3n) is 9.44. The summed E-state index contributed by atoms with van der Waals surface area (Å²) >= 11 is 0. The van der Waals surface area contributed by atoms with Crippen LogP contribution in [-0.2, 0) is 18.3 Å². The Balaban J connectivity index is 1.43. The van der Waals surface area contributed by atoms with E-state index in [0.29, 0.717) is 0 Å². The Bertz CT molecular complexity index is 2200. The van der Waals surface area contributed by atoms with Crippen LogP contribution in [0.25, 0.3) is 23.3 Å². The van der Waals surface area contributed by atoms with Gasteiger partial charge in [-0.1, -0.05) is 214 Å². The summed E-state index contributed by atoms with van der Waals surface area (Å²) in [6, 6.07) is 46.2. The van der Waals surface area contributed by atoms with Gasteiger partial charge in [-0.15, -0.1) is 0 Å². The molecule has 0 heterocycles. The van der Waals surface area contributed by atoms with Gasteiger partial charge in [0.15, 0.2) is 0 Å². The zero-order valence-electron chi connectivity index (χ0n) is 28.7. The maximum atomic E-state index is 4.86. The van der Waals surface area contributed by atoms with Crippen LogP contribution in [0.2, 0.25) is 0 Å². The molecule has 0 N–H and O–H groups in total. The fourth-order valence-electron chi connectivity index (χ4n) is 6.82. The summed E-state index contributed by atoms with van der Waals surface area (Å²) in [7, 11) is 0. The molecule has 0 saturated carbocycles. The first kappa shape index (κ1) is 33.9. The zero-order valence-corrected chi connectivity index (χ0v) is 28.7.